The molecule has 26 heavy (non-hydrogen) atoms. The summed E-state index contributed by atoms with van der Waals surface area (Å²) in [6.45, 7) is 3.50. The first-order chi connectivity index (χ1) is 12.7. The lowest BCUT2D eigenvalue weighted by Gasteiger charge is -2.32. The van der Waals surface area contributed by atoms with Crippen LogP contribution in [0.2, 0.25) is 0 Å². The maximum absolute atomic E-state index is 5.46. The number of hydrogen-bond acceptors (Lipinski definition) is 8. The van der Waals surface area contributed by atoms with E-state index in [-0.39, 0.29) is 5.92 Å². The Labute approximate surface area is 151 Å². The summed E-state index contributed by atoms with van der Waals surface area (Å²) in [5.41, 5.74) is 0. The van der Waals surface area contributed by atoms with E-state index in [1.165, 1.54) is 0 Å². The summed E-state index contributed by atoms with van der Waals surface area (Å²) in [5, 5.41) is 14.6. The molecule has 0 aliphatic carbocycles. The lowest BCUT2D eigenvalue weighted by atomic mass is 9.97. The molecule has 1 aromatic carbocycles. The fraction of sp³-hybridized carbons (Fsp3) is 0.444. The second-order valence-corrected chi connectivity index (χ2v) is 6.42. The molecule has 1 aliphatic rings. The van der Waals surface area contributed by atoms with Crippen molar-refractivity contribution in [3.05, 3.63) is 30.0 Å². The van der Waals surface area contributed by atoms with Gasteiger partial charge in [-0.1, -0.05) is 5.16 Å². The highest BCUT2D eigenvalue weighted by Gasteiger charge is 2.27. The van der Waals surface area contributed by atoms with Crippen molar-refractivity contribution in [1.82, 2.24) is 20.3 Å². The Balaban J connectivity index is 1.71. The van der Waals surface area contributed by atoms with Gasteiger partial charge in [0.2, 0.25) is 5.89 Å². The van der Waals surface area contributed by atoms with Crippen LogP contribution in [0.15, 0.2) is 22.9 Å². The van der Waals surface area contributed by atoms with Gasteiger partial charge in [-0.25, -0.2) is 0 Å². The van der Waals surface area contributed by atoms with Gasteiger partial charge in [-0.05, 0) is 25.0 Å². The number of piperidine rings is 1. The summed E-state index contributed by atoms with van der Waals surface area (Å²) in [5.74, 6) is 3.78. The Hall–Kier alpha value is -2.90. The zero-order valence-corrected chi connectivity index (χ0v) is 15.1. The SMILES string of the molecule is COc1cc2cnnc(N3CCCC(c4noc(C)n4)C3)c2cc1OC. The Morgan fingerprint density at radius 3 is 2.73 bits per heavy atom. The molecule has 0 N–H and O–H groups in total. The molecule has 1 aliphatic heterocycles. The first kappa shape index (κ1) is 16.6. The molecule has 136 valence electrons. The minimum Gasteiger partial charge on any atom is -0.493 e. The van der Waals surface area contributed by atoms with E-state index in [4.69, 9.17) is 14.0 Å². The second kappa shape index (κ2) is 6.78. The number of aromatic nitrogens is 4. The van der Waals surface area contributed by atoms with Crippen LogP contribution in [0.3, 0.4) is 0 Å². The average Bonchev–Trinajstić information content (AvgIpc) is 3.12. The molecule has 8 heteroatoms. The third kappa shape index (κ3) is 2.91. The van der Waals surface area contributed by atoms with Gasteiger partial charge in [-0.2, -0.15) is 10.1 Å². The second-order valence-electron chi connectivity index (χ2n) is 6.42. The molecule has 8 nitrogen and oxygen atoms in total. The third-order valence-corrected chi connectivity index (χ3v) is 4.78. The van der Waals surface area contributed by atoms with E-state index < -0.39 is 0 Å². The van der Waals surface area contributed by atoms with E-state index in [2.05, 4.69) is 25.2 Å². The van der Waals surface area contributed by atoms with Crippen LogP contribution in [-0.2, 0) is 0 Å². The number of aryl methyl sites for hydroxylation is 1. The number of anilines is 1. The molecule has 0 amide bonds. The quantitative estimate of drug-likeness (QED) is 0.706. The van der Waals surface area contributed by atoms with Crippen molar-refractivity contribution in [3.8, 4) is 11.5 Å². The van der Waals surface area contributed by atoms with Crippen molar-refractivity contribution in [2.45, 2.75) is 25.7 Å². The molecule has 1 atom stereocenters. The molecular formula is C18H21N5O3. The summed E-state index contributed by atoms with van der Waals surface area (Å²) in [6.07, 6.45) is 3.80. The van der Waals surface area contributed by atoms with Crippen molar-refractivity contribution in [2.24, 2.45) is 0 Å². The number of hydrogen-bond donors (Lipinski definition) is 0. The van der Waals surface area contributed by atoms with Gasteiger partial charge in [0.15, 0.2) is 23.1 Å². The number of ether oxygens (including phenoxy) is 2. The van der Waals surface area contributed by atoms with Crippen LogP contribution in [-0.4, -0.2) is 47.6 Å². The van der Waals surface area contributed by atoms with Crippen molar-refractivity contribution in [3.63, 3.8) is 0 Å². The van der Waals surface area contributed by atoms with E-state index in [1.807, 2.05) is 19.1 Å². The van der Waals surface area contributed by atoms with E-state index in [1.54, 1.807) is 20.4 Å². The van der Waals surface area contributed by atoms with Gasteiger partial charge >= 0.3 is 0 Å². The number of methoxy groups -OCH3 is 2. The monoisotopic (exact) mass is 355 g/mol. The molecule has 1 fully saturated rings. The molecule has 0 radical (unpaired) electrons. The Kier molecular flexibility index (Phi) is 4.32. The zero-order valence-electron chi connectivity index (χ0n) is 15.1. The molecule has 0 bridgehead atoms. The van der Waals surface area contributed by atoms with Crippen molar-refractivity contribution < 1.29 is 14.0 Å². The van der Waals surface area contributed by atoms with Crippen LogP contribution < -0.4 is 14.4 Å². The predicted octanol–water partition coefficient (Wildman–Crippen LogP) is 2.72. The van der Waals surface area contributed by atoms with Crippen molar-refractivity contribution >= 4 is 16.6 Å². The smallest absolute Gasteiger partial charge is 0.223 e. The molecule has 3 heterocycles. The standard InChI is InChI=1S/C18H21N5O3/c1-11-20-17(22-26-11)12-5-4-6-23(10-12)18-14-8-16(25-3)15(24-2)7-13(14)9-19-21-18/h7-9,12H,4-6,10H2,1-3H3. The topological polar surface area (TPSA) is 86.4 Å². The fourth-order valence-corrected chi connectivity index (χ4v) is 3.49. The first-order valence-corrected chi connectivity index (χ1v) is 8.62. The summed E-state index contributed by atoms with van der Waals surface area (Å²) >= 11 is 0. The van der Waals surface area contributed by atoms with Crippen LogP contribution >= 0.6 is 0 Å². The maximum Gasteiger partial charge on any atom is 0.223 e. The van der Waals surface area contributed by atoms with Gasteiger partial charge in [0, 0.05) is 36.7 Å². The Bertz CT molecular complexity index is 926. The van der Waals surface area contributed by atoms with E-state index >= 15 is 0 Å². The highest BCUT2D eigenvalue weighted by atomic mass is 16.5. The lowest BCUT2D eigenvalue weighted by molar-refractivity contribution is 0.356. The van der Waals surface area contributed by atoms with E-state index in [0.717, 1.165) is 48.3 Å². The van der Waals surface area contributed by atoms with Crippen LogP contribution in [0.5, 0.6) is 11.5 Å². The molecule has 0 saturated carbocycles. The number of fused-ring (bicyclic) bond motifs is 1. The van der Waals surface area contributed by atoms with Crippen LogP contribution in [0, 0.1) is 6.92 Å². The number of nitrogens with zero attached hydrogens (tertiary/aromatic N) is 5. The molecule has 1 saturated heterocycles. The molecule has 1 unspecified atom stereocenters. The first-order valence-electron chi connectivity index (χ1n) is 8.62. The Morgan fingerprint density at radius 1 is 1.19 bits per heavy atom. The molecular weight excluding hydrogens is 334 g/mol. The van der Waals surface area contributed by atoms with Crippen molar-refractivity contribution in [1.29, 1.82) is 0 Å². The normalized spacial score (nSPS) is 17.5. The Morgan fingerprint density at radius 2 is 2.00 bits per heavy atom. The summed E-state index contributed by atoms with van der Waals surface area (Å²) in [4.78, 5) is 6.64. The highest BCUT2D eigenvalue weighted by Crippen LogP contribution is 2.37. The molecule has 4 rings (SSSR count). The van der Waals surface area contributed by atoms with Gasteiger partial charge in [-0.3, -0.25) is 0 Å². The zero-order chi connectivity index (χ0) is 18.1. The maximum atomic E-state index is 5.46. The van der Waals surface area contributed by atoms with Gasteiger partial charge in [0.25, 0.3) is 0 Å². The average molecular weight is 355 g/mol. The number of benzene rings is 1. The largest absolute Gasteiger partial charge is 0.493 e. The lowest BCUT2D eigenvalue weighted by Crippen LogP contribution is -2.35. The minimum atomic E-state index is 0.221. The van der Waals surface area contributed by atoms with Crippen LogP contribution in [0.4, 0.5) is 5.82 Å². The van der Waals surface area contributed by atoms with Gasteiger partial charge in [-0.15, -0.1) is 5.10 Å². The van der Waals surface area contributed by atoms with Crippen LogP contribution in [0.25, 0.3) is 10.8 Å². The van der Waals surface area contributed by atoms with Gasteiger partial charge in [0.1, 0.15) is 0 Å². The van der Waals surface area contributed by atoms with E-state index in [9.17, 15) is 0 Å². The summed E-state index contributed by atoms with van der Waals surface area (Å²) in [7, 11) is 3.26. The predicted molar refractivity (Wildman–Crippen MR) is 95.9 cm³/mol. The molecule has 2 aromatic heterocycles. The highest BCUT2D eigenvalue weighted by molar-refractivity contribution is 5.94. The summed E-state index contributed by atoms with van der Waals surface area (Å²) in [6, 6.07) is 3.89. The molecule has 0 spiro atoms. The third-order valence-electron chi connectivity index (χ3n) is 4.78. The van der Waals surface area contributed by atoms with Crippen LogP contribution in [0.1, 0.15) is 30.5 Å². The van der Waals surface area contributed by atoms with Gasteiger partial charge < -0.3 is 18.9 Å². The summed E-state index contributed by atoms with van der Waals surface area (Å²) < 4.78 is 16.0. The van der Waals surface area contributed by atoms with Gasteiger partial charge in [0.05, 0.1) is 20.4 Å². The minimum absolute atomic E-state index is 0.221. The fourth-order valence-electron chi connectivity index (χ4n) is 3.49. The molecule has 3 aromatic rings. The van der Waals surface area contributed by atoms with Crippen molar-refractivity contribution in [2.75, 3.05) is 32.2 Å². The van der Waals surface area contributed by atoms with E-state index in [0.29, 0.717) is 17.4 Å². The number of rotatable bonds is 4.